The molecule has 0 bridgehead atoms. The molecule has 2 heterocycles. The van der Waals surface area contributed by atoms with Crippen LogP contribution >= 0.6 is 0 Å². The van der Waals surface area contributed by atoms with Gasteiger partial charge in [0.25, 0.3) is 0 Å². The van der Waals surface area contributed by atoms with Crippen LogP contribution in [0.2, 0.25) is 0 Å². The Balaban J connectivity index is 1.63. The van der Waals surface area contributed by atoms with E-state index in [2.05, 4.69) is 43.5 Å². The van der Waals surface area contributed by atoms with Gasteiger partial charge < -0.3 is 65.1 Å². The van der Waals surface area contributed by atoms with Crippen LogP contribution in [-0.2, 0) is 23.7 Å². The molecule has 14 heteroatoms. The lowest BCUT2D eigenvalue weighted by molar-refractivity contribution is -0.359. The summed E-state index contributed by atoms with van der Waals surface area (Å²) >= 11 is 0. The first-order chi connectivity index (χ1) is 44.1. The maximum absolute atomic E-state index is 13.4. The second kappa shape index (κ2) is 61.1. The third kappa shape index (κ3) is 44.3. The highest BCUT2D eigenvalue weighted by molar-refractivity contribution is 5.76. The van der Waals surface area contributed by atoms with Gasteiger partial charge in [-0.2, -0.15) is 0 Å². The molecule has 0 aliphatic carbocycles. The number of aliphatic hydroxyl groups excluding tert-OH is 8. The molecule has 2 rings (SSSR count). The zero-order chi connectivity index (χ0) is 65.2. The predicted octanol–water partition coefficient (Wildman–Crippen LogP) is 16.7. The molecule has 2 saturated heterocycles. The summed E-state index contributed by atoms with van der Waals surface area (Å²) in [6.07, 6.45) is 60.6. The number of carbonyl (C=O) groups is 1. The molecule has 0 radical (unpaired) electrons. The molecule has 0 aromatic carbocycles. The average molecular weight is 1280 g/mol. The lowest BCUT2D eigenvalue weighted by Crippen LogP contribution is -2.65. The highest BCUT2D eigenvalue weighted by Gasteiger charge is 2.51. The van der Waals surface area contributed by atoms with E-state index in [1.807, 2.05) is 0 Å². The molecule has 0 spiro atoms. The van der Waals surface area contributed by atoms with Crippen molar-refractivity contribution in [3.8, 4) is 0 Å². The summed E-state index contributed by atoms with van der Waals surface area (Å²) in [7, 11) is 0. The lowest BCUT2D eigenvalue weighted by Gasteiger charge is -2.46. The van der Waals surface area contributed by atoms with E-state index in [4.69, 9.17) is 18.9 Å². The Bertz CT molecular complexity index is 1600. The van der Waals surface area contributed by atoms with E-state index in [0.717, 1.165) is 57.8 Å². The normalized spacial score (nSPS) is 23.0. The van der Waals surface area contributed by atoms with Gasteiger partial charge in [-0.1, -0.05) is 334 Å². The topological polar surface area (TPSA) is 228 Å². The van der Waals surface area contributed by atoms with Gasteiger partial charge in [0, 0.05) is 6.42 Å². The van der Waals surface area contributed by atoms with Crippen LogP contribution in [0.15, 0.2) is 24.3 Å². The second-order valence-electron chi connectivity index (χ2n) is 27.5. The molecule has 532 valence electrons. The van der Waals surface area contributed by atoms with Crippen LogP contribution in [0.25, 0.3) is 0 Å². The van der Waals surface area contributed by atoms with Crippen LogP contribution in [0.3, 0.4) is 0 Å². The fourth-order valence-corrected chi connectivity index (χ4v) is 13.0. The molecular formula is C76H145NO13. The van der Waals surface area contributed by atoms with Gasteiger partial charge in [0.2, 0.25) is 5.91 Å². The largest absolute Gasteiger partial charge is 0.394 e. The molecule has 9 N–H and O–H groups in total. The quantitative estimate of drug-likeness (QED) is 0.0204. The molecule has 12 atom stereocenters. The van der Waals surface area contributed by atoms with Crippen LogP contribution in [0.5, 0.6) is 0 Å². The Kier molecular flexibility index (Phi) is 57.4. The summed E-state index contributed by atoms with van der Waals surface area (Å²) in [5.41, 5.74) is 0. The van der Waals surface area contributed by atoms with E-state index in [-0.39, 0.29) is 12.5 Å². The molecule has 0 aromatic rings. The highest BCUT2D eigenvalue weighted by atomic mass is 16.7. The monoisotopic (exact) mass is 1280 g/mol. The zero-order valence-corrected chi connectivity index (χ0v) is 58.2. The van der Waals surface area contributed by atoms with Crippen molar-refractivity contribution in [3.63, 3.8) is 0 Å². The first-order valence-corrected chi connectivity index (χ1v) is 38.6. The summed E-state index contributed by atoms with van der Waals surface area (Å²) in [5.74, 6) is -0.199. The first kappa shape index (κ1) is 84.6. The fraction of sp³-hybridized carbons (Fsp3) is 0.934. The summed E-state index contributed by atoms with van der Waals surface area (Å²) in [4.78, 5) is 13.4. The van der Waals surface area contributed by atoms with E-state index in [1.165, 1.54) is 276 Å². The predicted molar refractivity (Wildman–Crippen MR) is 369 cm³/mol. The van der Waals surface area contributed by atoms with Crippen molar-refractivity contribution in [2.75, 3.05) is 19.8 Å². The smallest absolute Gasteiger partial charge is 0.220 e. The molecule has 2 aliphatic heterocycles. The number of aliphatic hydroxyl groups is 8. The summed E-state index contributed by atoms with van der Waals surface area (Å²) in [6.45, 7) is 2.92. The SMILES string of the molecule is CCCCCCC/C=C\C/C=C\CCCCCCCCCCCCCCCCCCCC(=O)NC(COC1OC(CO)C(OC2OC(CO)C(O)C(O)C2O)C(O)C1O)C(O)CCCCCCCCCCCCCCCCCCCCCCCCCCCCC. The van der Waals surface area contributed by atoms with Crippen LogP contribution in [0.1, 0.15) is 361 Å². The van der Waals surface area contributed by atoms with Crippen LogP contribution < -0.4 is 5.32 Å². The minimum atomic E-state index is -1.78. The maximum atomic E-state index is 13.4. The van der Waals surface area contributed by atoms with Gasteiger partial charge in [0.05, 0.1) is 32.0 Å². The lowest BCUT2D eigenvalue weighted by atomic mass is 9.97. The van der Waals surface area contributed by atoms with Gasteiger partial charge in [0.1, 0.15) is 48.8 Å². The van der Waals surface area contributed by atoms with Crippen molar-refractivity contribution >= 4 is 5.91 Å². The third-order valence-electron chi connectivity index (χ3n) is 19.2. The highest BCUT2D eigenvalue weighted by Crippen LogP contribution is 2.30. The van der Waals surface area contributed by atoms with E-state index < -0.39 is 86.8 Å². The number of carbonyl (C=O) groups excluding carboxylic acids is 1. The molecule has 90 heavy (non-hydrogen) atoms. The van der Waals surface area contributed by atoms with E-state index in [1.54, 1.807) is 0 Å². The van der Waals surface area contributed by atoms with Gasteiger partial charge in [-0.15, -0.1) is 0 Å². The number of unbranched alkanes of at least 4 members (excludes halogenated alkanes) is 48. The molecule has 14 nitrogen and oxygen atoms in total. The number of hydrogen-bond acceptors (Lipinski definition) is 13. The molecule has 0 aromatic heterocycles. The van der Waals surface area contributed by atoms with Crippen molar-refractivity contribution in [1.82, 2.24) is 5.32 Å². The molecule has 12 unspecified atom stereocenters. The van der Waals surface area contributed by atoms with Crippen LogP contribution in [-0.4, -0.2) is 140 Å². The minimum absolute atomic E-state index is 0.199. The Morgan fingerprint density at radius 1 is 0.400 bits per heavy atom. The van der Waals surface area contributed by atoms with E-state index in [0.29, 0.717) is 12.8 Å². The Morgan fingerprint density at radius 2 is 0.733 bits per heavy atom. The van der Waals surface area contributed by atoms with Gasteiger partial charge >= 0.3 is 0 Å². The van der Waals surface area contributed by atoms with Crippen molar-refractivity contribution in [2.24, 2.45) is 0 Å². The number of rotatable bonds is 65. The van der Waals surface area contributed by atoms with E-state index in [9.17, 15) is 45.6 Å². The number of ether oxygens (including phenoxy) is 4. The van der Waals surface area contributed by atoms with Gasteiger partial charge in [-0.25, -0.2) is 0 Å². The van der Waals surface area contributed by atoms with Crippen molar-refractivity contribution in [3.05, 3.63) is 24.3 Å². The molecule has 2 aliphatic rings. The Morgan fingerprint density at radius 3 is 1.11 bits per heavy atom. The number of nitrogens with one attached hydrogen (secondary N) is 1. The molecular weight excluding hydrogens is 1130 g/mol. The Labute approximate surface area is 551 Å². The zero-order valence-electron chi connectivity index (χ0n) is 58.2. The minimum Gasteiger partial charge on any atom is -0.394 e. The van der Waals surface area contributed by atoms with Gasteiger partial charge in [-0.05, 0) is 44.9 Å². The summed E-state index contributed by atoms with van der Waals surface area (Å²) in [6, 6.07) is -0.828. The van der Waals surface area contributed by atoms with Gasteiger partial charge in [0.15, 0.2) is 12.6 Å². The standard InChI is InChI=1S/C76H145NO13/c1-3-5-7-9-11-13-15-17-19-21-23-25-27-29-31-32-34-36-38-40-42-44-46-48-50-52-54-56-58-60-68(81)77-64(63-87-75-73(86)71(84)74(67(62-79)89-75)90-76-72(85)70(83)69(82)66(61-78)88-76)65(80)59-57-55-53-51-49-47-45-43-41-39-37-35-33-30-28-26-24-22-20-18-16-14-12-10-8-6-4-2/h15,17,21,23,64-67,69-76,78-80,82-86H,3-14,16,18-20,22,24-63H2,1-2H3,(H,77,81)/b17-15-,23-21-. The van der Waals surface area contributed by atoms with Gasteiger partial charge in [-0.3, -0.25) is 4.79 Å². The van der Waals surface area contributed by atoms with Crippen LogP contribution in [0, 0.1) is 0 Å². The van der Waals surface area contributed by atoms with Crippen LogP contribution in [0.4, 0.5) is 0 Å². The number of amides is 1. The molecule has 2 fully saturated rings. The van der Waals surface area contributed by atoms with Crippen molar-refractivity contribution in [1.29, 1.82) is 0 Å². The number of allylic oxidation sites excluding steroid dienone is 4. The van der Waals surface area contributed by atoms with Crippen molar-refractivity contribution in [2.45, 2.75) is 434 Å². The first-order valence-electron chi connectivity index (χ1n) is 38.6. The number of hydrogen-bond donors (Lipinski definition) is 9. The van der Waals surface area contributed by atoms with E-state index >= 15 is 0 Å². The molecule has 1 amide bonds. The average Bonchev–Trinajstić information content (AvgIpc) is 1.26. The maximum Gasteiger partial charge on any atom is 0.220 e. The second-order valence-corrected chi connectivity index (χ2v) is 27.5. The summed E-state index contributed by atoms with van der Waals surface area (Å²) < 4.78 is 23.0. The van der Waals surface area contributed by atoms with Crippen molar-refractivity contribution < 1.29 is 64.6 Å². The third-order valence-corrected chi connectivity index (χ3v) is 19.2. The molecule has 0 saturated carbocycles. The fourth-order valence-electron chi connectivity index (χ4n) is 13.0. The summed E-state index contributed by atoms with van der Waals surface area (Å²) in [5, 5.41) is 87.8. The Hall–Kier alpha value is -1.53.